The van der Waals surface area contributed by atoms with Crippen molar-refractivity contribution in [1.82, 2.24) is 5.43 Å². The molecule has 0 fully saturated rings. The van der Waals surface area contributed by atoms with E-state index in [-0.39, 0.29) is 11.8 Å². The summed E-state index contributed by atoms with van der Waals surface area (Å²) in [5, 5.41) is 7.75. The summed E-state index contributed by atoms with van der Waals surface area (Å²) in [6.45, 7) is 4.01. The number of hydrogen-bond acceptors (Lipinski definition) is 3. The van der Waals surface area contributed by atoms with E-state index in [2.05, 4.69) is 22.8 Å². The number of unbranched alkanes of at least 4 members (excludes halogenated alkanes) is 5. The molecule has 0 spiro atoms. The van der Waals surface area contributed by atoms with E-state index >= 15 is 0 Å². The fourth-order valence-corrected chi connectivity index (χ4v) is 3.49. The van der Waals surface area contributed by atoms with E-state index < -0.39 is 0 Å². The molecule has 5 nitrogen and oxygen atoms in total. The van der Waals surface area contributed by atoms with Crippen molar-refractivity contribution in [1.29, 1.82) is 0 Å². The topological polar surface area (TPSA) is 70.6 Å². The standard InChI is InChI=1S/C24H29Cl2N3O2/c1-3-4-5-6-7-8-9-23(30)29-28-17(2)18-10-13-20(14-11-18)27-24(31)21-15-12-19(25)16-22(21)26/h10-16H,3-9H2,1-2H3,(H,27,31)(H,29,30)/b28-17-. The highest BCUT2D eigenvalue weighted by Gasteiger charge is 2.11. The van der Waals surface area contributed by atoms with Crippen LogP contribution in [0.5, 0.6) is 0 Å². The maximum absolute atomic E-state index is 12.4. The number of amides is 2. The summed E-state index contributed by atoms with van der Waals surface area (Å²) < 4.78 is 0. The summed E-state index contributed by atoms with van der Waals surface area (Å²) in [6.07, 6.45) is 7.34. The van der Waals surface area contributed by atoms with Gasteiger partial charge in [-0.3, -0.25) is 9.59 Å². The van der Waals surface area contributed by atoms with E-state index in [0.29, 0.717) is 33.4 Å². The Hall–Kier alpha value is -2.37. The highest BCUT2D eigenvalue weighted by Crippen LogP contribution is 2.22. The van der Waals surface area contributed by atoms with E-state index in [4.69, 9.17) is 23.2 Å². The lowest BCUT2D eigenvalue weighted by molar-refractivity contribution is -0.121. The Balaban J connectivity index is 1.83. The largest absolute Gasteiger partial charge is 0.322 e. The Morgan fingerprint density at radius 3 is 2.29 bits per heavy atom. The normalized spacial score (nSPS) is 11.3. The Morgan fingerprint density at radius 2 is 1.61 bits per heavy atom. The Morgan fingerprint density at radius 1 is 0.935 bits per heavy atom. The summed E-state index contributed by atoms with van der Waals surface area (Å²) in [4.78, 5) is 24.3. The zero-order chi connectivity index (χ0) is 22.6. The molecule has 0 aromatic heterocycles. The number of halogens is 2. The number of hydrogen-bond donors (Lipinski definition) is 2. The van der Waals surface area contributed by atoms with Gasteiger partial charge in [-0.2, -0.15) is 5.10 Å². The van der Waals surface area contributed by atoms with Crippen LogP contribution < -0.4 is 10.7 Å². The first-order chi connectivity index (χ1) is 14.9. The molecule has 0 aliphatic carbocycles. The van der Waals surface area contributed by atoms with Crippen molar-refractivity contribution >= 4 is 46.4 Å². The number of nitrogens with one attached hydrogen (secondary N) is 2. The van der Waals surface area contributed by atoms with Crippen LogP contribution in [0.15, 0.2) is 47.6 Å². The van der Waals surface area contributed by atoms with Crippen LogP contribution in [0.4, 0.5) is 5.69 Å². The first kappa shape index (κ1) is 24.9. The van der Waals surface area contributed by atoms with Gasteiger partial charge in [0.2, 0.25) is 5.91 Å². The summed E-state index contributed by atoms with van der Waals surface area (Å²) in [7, 11) is 0. The Labute approximate surface area is 194 Å². The van der Waals surface area contributed by atoms with Gasteiger partial charge in [0.1, 0.15) is 0 Å². The number of rotatable bonds is 11. The molecule has 0 bridgehead atoms. The molecule has 0 heterocycles. The van der Waals surface area contributed by atoms with Gasteiger partial charge in [-0.15, -0.1) is 0 Å². The molecule has 31 heavy (non-hydrogen) atoms. The number of nitrogens with zero attached hydrogens (tertiary/aromatic N) is 1. The molecular weight excluding hydrogens is 433 g/mol. The highest BCUT2D eigenvalue weighted by atomic mass is 35.5. The summed E-state index contributed by atoms with van der Waals surface area (Å²) in [5.41, 5.74) is 5.13. The molecule has 0 atom stereocenters. The van der Waals surface area contributed by atoms with Crippen LogP contribution in [0.1, 0.15) is 74.7 Å². The molecule has 2 amide bonds. The number of benzene rings is 2. The van der Waals surface area contributed by atoms with Crippen molar-refractivity contribution < 1.29 is 9.59 Å². The van der Waals surface area contributed by atoms with Crippen LogP contribution in [0.2, 0.25) is 10.0 Å². The molecular formula is C24H29Cl2N3O2. The molecule has 2 aromatic rings. The average molecular weight is 462 g/mol. The first-order valence-electron chi connectivity index (χ1n) is 10.6. The summed E-state index contributed by atoms with van der Waals surface area (Å²) in [5.74, 6) is -0.389. The molecule has 0 unspecified atom stereocenters. The second kappa shape index (κ2) is 13.1. The fourth-order valence-electron chi connectivity index (χ4n) is 3.00. The van der Waals surface area contributed by atoms with E-state index in [1.54, 1.807) is 24.3 Å². The highest BCUT2D eigenvalue weighted by molar-refractivity contribution is 6.37. The van der Waals surface area contributed by atoms with Crippen molar-refractivity contribution in [3.63, 3.8) is 0 Å². The molecule has 0 aliphatic heterocycles. The lowest BCUT2D eigenvalue weighted by atomic mass is 10.1. The van der Waals surface area contributed by atoms with Crippen LogP contribution in [0, 0.1) is 0 Å². The third-order valence-corrected chi connectivity index (χ3v) is 5.39. The third-order valence-electron chi connectivity index (χ3n) is 4.84. The van der Waals surface area contributed by atoms with Crippen LogP contribution in [-0.4, -0.2) is 17.5 Å². The third kappa shape index (κ3) is 8.72. The zero-order valence-electron chi connectivity index (χ0n) is 18.0. The van der Waals surface area contributed by atoms with Crippen molar-refractivity contribution in [2.45, 2.75) is 58.8 Å². The predicted octanol–water partition coefficient (Wildman–Crippen LogP) is 6.84. The molecule has 0 saturated carbocycles. The minimum Gasteiger partial charge on any atom is -0.322 e. The van der Waals surface area contributed by atoms with Gasteiger partial charge < -0.3 is 5.32 Å². The van der Waals surface area contributed by atoms with Crippen LogP contribution in [0.25, 0.3) is 0 Å². The molecule has 2 N–H and O–H groups in total. The fraction of sp³-hybridized carbons (Fsp3) is 0.375. The van der Waals surface area contributed by atoms with Gasteiger partial charge >= 0.3 is 0 Å². The van der Waals surface area contributed by atoms with E-state index in [9.17, 15) is 9.59 Å². The lowest BCUT2D eigenvalue weighted by Gasteiger charge is -2.08. The first-order valence-corrected chi connectivity index (χ1v) is 11.4. The number of carbonyl (C=O) groups is 2. The Kier molecular flexibility index (Phi) is 10.5. The number of carbonyl (C=O) groups excluding carboxylic acids is 2. The van der Waals surface area contributed by atoms with Crippen molar-refractivity contribution in [3.8, 4) is 0 Å². The van der Waals surface area contributed by atoms with Crippen molar-refractivity contribution in [2.75, 3.05) is 5.32 Å². The molecule has 7 heteroatoms. The second-order valence-electron chi connectivity index (χ2n) is 7.41. The maximum Gasteiger partial charge on any atom is 0.257 e. The maximum atomic E-state index is 12.4. The van der Waals surface area contributed by atoms with Crippen molar-refractivity contribution in [2.24, 2.45) is 5.10 Å². The van der Waals surface area contributed by atoms with Gasteiger partial charge in [0, 0.05) is 17.1 Å². The molecule has 2 rings (SSSR count). The van der Waals surface area contributed by atoms with Gasteiger partial charge in [-0.05, 0) is 49.2 Å². The molecule has 2 aromatic carbocycles. The average Bonchev–Trinajstić information content (AvgIpc) is 2.75. The summed E-state index contributed by atoms with van der Waals surface area (Å²) in [6, 6.07) is 11.9. The minimum atomic E-state index is -0.318. The quantitative estimate of drug-likeness (QED) is 0.218. The lowest BCUT2D eigenvalue weighted by Crippen LogP contribution is -2.18. The van der Waals surface area contributed by atoms with Gasteiger partial charge in [0.05, 0.1) is 16.3 Å². The minimum absolute atomic E-state index is 0.0708. The summed E-state index contributed by atoms with van der Waals surface area (Å²) >= 11 is 12.0. The van der Waals surface area contributed by atoms with E-state index in [0.717, 1.165) is 18.4 Å². The van der Waals surface area contributed by atoms with Gasteiger partial charge in [0.15, 0.2) is 0 Å². The zero-order valence-corrected chi connectivity index (χ0v) is 19.5. The van der Waals surface area contributed by atoms with Gasteiger partial charge in [-0.1, -0.05) is 74.4 Å². The number of hydrazone groups is 1. The van der Waals surface area contributed by atoms with E-state index in [1.165, 1.54) is 31.7 Å². The van der Waals surface area contributed by atoms with Crippen molar-refractivity contribution in [3.05, 3.63) is 63.6 Å². The number of anilines is 1. The molecule has 0 saturated heterocycles. The van der Waals surface area contributed by atoms with Crippen LogP contribution >= 0.6 is 23.2 Å². The van der Waals surface area contributed by atoms with Crippen LogP contribution in [0.3, 0.4) is 0 Å². The molecule has 0 radical (unpaired) electrons. The van der Waals surface area contributed by atoms with Crippen LogP contribution in [-0.2, 0) is 4.79 Å². The molecule has 166 valence electrons. The van der Waals surface area contributed by atoms with Gasteiger partial charge in [-0.25, -0.2) is 5.43 Å². The van der Waals surface area contributed by atoms with E-state index in [1.807, 2.05) is 19.1 Å². The Bertz CT molecular complexity index is 912. The smallest absolute Gasteiger partial charge is 0.257 e. The van der Waals surface area contributed by atoms with Gasteiger partial charge in [0.25, 0.3) is 5.91 Å². The predicted molar refractivity (Wildman–Crippen MR) is 129 cm³/mol. The molecule has 0 aliphatic rings. The second-order valence-corrected chi connectivity index (χ2v) is 8.25. The SMILES string of the molecule is CCCCCCCCC(=O)N/N=C(/C)c1ccc(NC(=O)c2ccc(Cl)cc2Cl)cc1. The monoisotopic (exact) mass is 461 g/mol.